The van der Waals surface area contributed by atoms with Gasteiger partial charge in [-0.05, 0) is 54.0 Å². The van der Waals surface area contributed by atoms with Gasteiger partial charge in [0.05, 0.1) is 5.41 Å². The minimum atomic E-state index is -0.379. The average molecular weight is 369 g/mol. The molecule has 2 heterocycles. The molecule has 0 saturated heterocycles. The molecule has 1 aliphatic heterocycles. The summed E-state index contributed by atoms with van der Waals surface area (Å²) in [5.74, 6) is 0.212. The van der Waals surface area contributed by atoms with Gasteiger partial charge in [-0.2, -0.15) is 0 Å². The minimum absolute atomic E-state index is 0.104. The number of anilines is 1. The van der Waals surface area contributed by atoms with E-state index in [4.69, 9.17) is 0 Å². The number of benzene rings is 1. The number of rotatable bonds is 3. The summed E-state index contributed by atoms with van der Waals surface area (Å²) in [6, 6.07) is 10.3. The monoisotopic (exact) mass is 368 g/mol. The Bertz CT molecular complexity index is 823. The van der Waals surface area contributed by atoms with E-state index in [2.05, 4.69) is 22.8 Å². The van der Waals surface area contributed by atoms with Crippen molar-refractivity contribution in [1.29, 1.82) is 0 Å². The number of thiophene rings is 1. The van der Waals surface area contributed by atoms with Crippen LogP contribution in [0.1, 0.15) is 48.6 Å². The zero-order valence-corrected chi connectivity index (χ0v) is 15.9. The van der Waals surface area contributed by atoms with Gasteiger partial charge < -0.3 is 10.2 Å². The molecule has 2 aromatic rings. The molecule has 1 aromatic heterocycles. The SMILES string of the molecule is CC(=O)N1CCc2ccc(NC(=O)C3(c4cccs4)CCCC3)cc2C1. The van der Waals surface area contributed by atoms with E-state index in [1.807, 2.05) is 23.1 Å². The van der Waals surface area contributed by atoms with Gasteiger partial charge in [-0.1, -0.05) is 25.0 Å². The van der Waals surface area contributed by atoms with E-state index in [1.165, 1.54) is 10.4 Å². The molecular weight excluding hydrogens is 344 g/mol. The van der Waals surface area contributed by atoms with Gasteiger partial charge in [0.15, 0.2) is 0 Å². The summed E-state index contributed by atoms with van der Waals surface area (Å²) in [6.45, 7) is 3.02. The van der Waals surface area contributed by atoms with Crippen molar-refractivity contribution in [1.82, 2.24) is 4.90 Å². The van der Waals surface area contributed by atoms with Crippen molar-refractivity contribution in [2.45, 2.75) is 51.0 Å². The van der Waals surface area contributed by atoms with E-state index >= 15 is 0 Å². The fourth-order valence-electron chi connectivity index (χ4n) is 4.27. The highest BCUT2D eigenvalue weighted by molar-refractivity contribution is 7.10. The van der Waals surface area contributed by atoms with Gasteiger partial charge in [-0.3, -0.25) is 9.59 Å². The van der Waals surface area contributed by atoms with Crippen LogP contribution >= 0.6 is 11.3 Å². The largest absolute Gasteiger partial charge is 0.338 e. The zero-order valence-electron chi connectivity index (χ0n) is 15.1. The summed E-state index contributed by atoms with van der Waals surface area (Å²) in [7, 11) is 0. The van der Waals surface area contributed by atoms with Crippen LogP contribution in [-0.2, 0) is 28.0 Å². The molecule has 0 atom stereocenters. The number of nitrogens with zero attached hydrogens (tertiary/aromatic N) is 1. The van der Waals surface area contributed by atoms with Crippen LogP contribution in [-0.4, -0.2) is 23.3 Å². The predicted molar refractivity (Wildman–Crippen MR) is 104 cm³/mol. The lowest BCUT2D eigenvalue weighted by Crippen LogP contribution is -2.37. The van der Waals surface area contributed by atoms with Crippen LogP contribution in [0.4, 0.5) is 5.69 Å². The van der Waals surface area contributed by atoms with Gasteiger partial charge in [0, 0.05) is 30.6 Å². The van der Waals surface area contributed by atoms with E-state index in [9.17, 15) is 9.59 Å². The number of hydrogen-bond acceptors (Lipinski definition) is 3. The van der Waals surface area contributed by atoms with Crippen LogP contribution in [0, 0.1) is 0 Å². The van der Waals surface area contributed by atoms with Gasteiger partial charge in [-0.25, -0.2) is 0 Å². The third-order valence-electron chi connectivity index (χ3n) is 5.81. The van der Waals surface area contributed by atoms with Gasteiger partial charge in [0.25, 0.3) is 0 Å². The second-order valence-electron chi connectivity index (χ2n) is 7.39. The highest BCUT2D eigenvalue weighted by Crippen LogP contribution is 2.44. The van der Waals surface area contributed by atoms with Crippen LogP contribution in [0.3, 0.4) is 0 Å². The van der Waals surface area contributed by atoms with Crippen LogP contribution in [0.25, 0.3) is 0 Å². The quantitative estimate of drug-likeness (QED) is 0.887. The van der Waals surface area contributed by atoms with Crippen molar-refractivity contribution in [3.8, 4) is 0 Å². The Balaban J connectivity index is 1.57. The Morgan fingerprint density at radius 2 is 1.96 bits per heavy atom. The highest BCUT2D eigenvalue weighted by Gasteiger charge is 2.43. The summed E-state index contributed by atoms with van der Waals surface area (Å²) in [4.78, 5) is 27.9. The summed E-state index contributed by atoms with van der Waals surface area (Å²) < 4.78 is 0. The maximum atomic E-state index is 13.2. The molecule has 4 rings (SSSR count). The molecule has 0 radical (unpaired) electrons. The molecular formula is C21H24N2O2S. The molecule has 1 aliphatic carbocycles. The molecule has 2 amide bonds. The first kappa shape index (κ1) is 17.3. The first-order valence-electron chi connectivity index (χ1n) is 9.31. The Morgan fingerprint density at radius 1 is 1.15 bits per heavy atom. The van der Waals surface area contributed by atoms with Crippen LogP contribution < -0.4 is 5.32 Å². The van der Waals surface area contributed by atoms with Crippen molar-refractivity contribution < 1.29 is 9.59 Å². The molecule has 4 nitrogen and oxygen atoms in total. The molecule has 0 bridgehead atoms. The van der Waals surface area contributed by atoms with E-state index in [-0.39, 0.29) is 17.2 Å². The normalized spacial score (nSPS) is 18.4. The molecule has 136 valence electrons. The molecule has 1 fully saturated rings. The van der Waals surface area contributed by atoms with Gasteiger partial charge >= 0.3 is 0 Å². The third kappa shape index (κ3) is 3.05. The number of amides is 2. The van der Waals surface area contributed by atoms with Crippen LogP contribution in [0.2, 0.25) is 0 Å². The Labute approximate surface area is 158 Å². The standard InChI is InChI=1S/C21H24N2O2S/c1-15(24)23-11-8-16-6-7-18(13-17(16)14-23)22-20(25)21(9-2-3-10-21)19-5-4-12-26-19/h4-7,12-13H,2-3,8-11,14H2,1H3,(H,22,25). The molecule has 0 unspecified atom stereocenters. The lowest BCUT2D eigenvalue weighted by atomic mass is 9.83. The lowest BCUT2D eigenvalue weighted by molar-refractivity contribution is -0.129. The van der Waals surface area contributed by atoms with Crippen molar-refractivity contribution >= 4 is 28.8 Å². The molecule has 1 saturated carbocycles. The molecule has 0 spiro atoms. The summed E-state index contributed by atoms with van der Waals surface area (Å²) in [5.41, 5.74) is 2.87. The first-order valence-corrected chi connectivity index (χ1v) is 10.2. The number of carbonyl (C=O) groups is 2. The smallest absolute Gasteiger partial charge is 0.235 e. The Kier molecular flexibility index (Phi) is 4.57. The second-order valence-corrected chi connectivity index (χ2v) is 8.34. The van der Waals surface area contributed by atoms with Crippen molar-refractivity contribution in [2.24, 2.45) is 0 Å². The molecule has 5 heteroatoms. The van der Waals surface area contributed by atoms with Crippen LogP contribution in [0.15, 0.2) is 35.7 Å². The number of fused-ring (bicyclic) bond motifs is 1. The summed E-state index contributed by atoms with van der Waals surface area (Å²) in [6.07, 6.45) is 4.92. The van der Waals surface area contributed by atoms with Gasteiger partial charge in [-0.15, -0.1) is 11.3 Å². The molecule has 1 N–H and O–H groups in total. The number of nitrogens with one attached hydrogen (secondary N) is 1. The van der Waals surface area contributed by atoms with E-state index in [0.29, 0.717) is 6.54 Å². The fourth-order valence-corrected chi connectivity index (χ4v) is 5.25. The Morgan fingerprint density at radius 3 is 2.65 bits per heavy atom. The predicted octanol–water partition coefficient (Wildman–Crippen LogP) is 4.10. The number of carbonyl (C=O) groups excluding carboxylic acids is 2. The maximum absolute atomic E-state index is 13.2. The fraction of sp³-hybridized carbons (Fsp3) is 0.429. The Hall–Kier alpha value is -2.14. The first-order chi connectivity index (χ1) is 12.6. The average Bonchev–Trinajstić information content (AvgIpc) is 3.33. The van der Waals surface area contributed by atoms with Gasteiger partial charge in [0.1, 0.15) is 0 Å². The zero-order chi connectivity index (χ0) is 18.1. The molecule has 26 heavy (non-hydrogen) atoms. The van der Waals surface area contributed by atoms with E-state index < -0.39 is 0 Å². The third-order valence-corrected chi connectivity index (χ3v) is 6.88. The van der Waals surface area contributed by atoms with Crippen molar-refractivity contribution in [3.63, 3.8) is 0 Å². The van der Waals surface area contributed by atoms with Crippen LogP contribution in [0.5, 0.6) is 0 Å². The molecule has 2 aliphatic rings. The van der Waals surface area contributed by atoms with Crippen molar-refractivity contribution in [2.75, 3.05) is 11.9 Å². The molecule has 1 aromatic carbocycles. The lowest BCUT2D eigenvalue weighted by Gasteiger charge is -2.29. The van der Waals surface area contributed by atoms with Crippen molar-refractivity contribution in [3.05, 3.63) is 51.7 Å². The summed E-state index contributed by atoms with van der Waals surface area (Å²) in [5, 5.41) is 5.22. The minimum Gasteiger partial charge on any atom is -0.338 e. The number of hydrogen-bond donors (Lipinski definition) is 1. The highest BCUT2D eigenvalue weighted by atomic mass is 32.1. The maximum Gasteiger partial charge on any atom is 0.235 e. The van der Waals surface area contributed by atoms with E-state index in [0.717, 1.165) is 49.9 Å². The van der Waals surface area contributed by atoms with E-state index in [1.54, 1.807) is 18.3 Å². The summed E-state index contributed by atoms with van der Waals surface area (Å²) >= 11 is 1.68. The van der Waals surface area contributed by atoms with Gasteiger partial charge in [0.2, 0.25) is 11.8 Å². The topological polar surface area (TPSA) is 49.4 Å². The second kappa shape index (κ2) is 6.88.